The molecule has 1 heterocycles. The largest absolute Gasteiger partial charge is 0.306 e. The molecule has 0 radical (unpaired) electrons. The molecule has 1 N–H and O–H groups in total. The van der Waals surface area contributed by atoms with Crippen LogP contribution in [0.15, 0.2) is 45.7 Å². The molecule has 0 fully saturated rings. The molecular formula is C15H10BrFN2O. The molecular weight excluding hydrogens is 323 g/mol. The van der Waals surface area contributed by atoms with Gasteiger partial charge in [-0.3, -0.25) is 4.79 Å². The Bertz CT molecular complexity index is 873. The first-order valence-corrected chi connectivity index (χ1v) is 6.80. The van der Waals surface area contributed by atoms with Crippen molar-refractivity contribution in [3.63, 3.8) is 0 Å². The van der Waals surface area contributed by atoms with Crippen LogP contribution in [0.25, 0.3) is 22.3 Å². The first kappa shape index (κ1) is 13.0. The standard InChI is InChI=1S/C15H10BrFN2O/c1-8-6-10(13(17)11(16)7-8)14-18-12-5-3-2-4-9(12)15(20)19-14/h2-7H,1H3,(H,18,19,20). The van der Waals surface area contributed by atoms with Gasteiger partial charge in [-0.1, -0.05) is 12.1 Å². The summed E-state index contributed by atoms with van der Waals surface area (Å²) >= 11 is 3.17. The van der Waals surface area contributed by atoms with Gasteiger partial charge in [-0.05, 0) is 52.7 Å². The number of H-pyrrole nitrogens is 1. The van der Waals surface area contributed by atoms with E-state index in [1.165, 1.54) is 0 Å². The Labute approximate surface area is 122 Å². The minimum atomic E-state index is -0.436. The van der Waals surface area contributed by atoms with Crippen LogP contribution in [0.1, 0.15) is 5.56 Å². The number of benzene rings is 2. The van der Waals surface area contributed by atoms with Crippen molar-refractivity contribution in [3.05, 3.63) is 62.6 Å². The van der Waals surface area contributed by atoms with Crippen LogP contribution in [0.5, 0.6) is 0 Å². The summed E-state index contributed by atoms with van der Waals surface area (Å²) in [6, 6.07) is 10.3. The van der Waals surface area contributed by atoms with Crippen LogP contribution < -0.4 is 5.56 Å². The Kier molecular flexibility index (Phi) is 3.14. The summed E-state index contributed by atoms with van der Waals surface area (Å²) in [6.07, 6.45) is 0. The lowest BCUT2D eigenvalue weighted by atomic mass is 10.1. The van der Waals surface area contributed by atoms with Gasteiger partial charge in [-0.15, -0.1) is 0 Å². The van der Waals surface area contributed by atoms with E-state index in [0.717, 1.165) is 5.56 Å². The highest BCUT2D eigenvalue weighted by Gasteiger charge is 2.13. The molecule has 100 valence electrons. The van der Waals surface area contributed by atoms with Crippen molar-refractivity contribution < 1.29 is 4.39 Å². The first-order valence-electron chi connectivity index (χ1n) is 6.01. The fourth-order valence-corrected chi connectivity index (χ4v) is 2.69. The summed E-state index contributed by atoms with van der Waals surface area (Å²) in [6.45, 7) is 1.85. The quantitative estimate of drug-likeness (QED) is 0.736. The van der Waals surface area contributed by atoms with Gasteiger partial charge in [-0.25, -0.2) is 9.37 Å². The van der Waals surface area contributed by atoms with Gasteiger partial charge in [0.15, 0.2) is 0 Å². The molecule has 0 bridgehead atoms. The molecule has 3 rings (SSSR count). The maximum Gasteiger partial charge on any atom is 0.259 e. The van der Waals surface area contributed by atoms with Crippen LogP contribution >= 0.6 is 15.9 Å². The highest BCUT2D eigenvalue weighted by atomic mass is 79.9. The lowest BCUT2D eigenvalue weighted by Crippen LogP contribution is -2.10. The van der Waals surface area contributed by atoms with E-state index in [1.54, 1.807) is 36.4 Å². The molecule has 20 heavy (non-hydrogen) atoms. The summed E-state index contributed by atoms with van der Waals surface area (Å²) in [5.41, 5.74) is 1.43. The van der Waals surface area contributed by atoms with Crippen LogP contribution in [-0.4, -0.2) is 9.97 Å². The molecule has 5 heteroatoms. The van der Waals surface area contributed by atoms with Gasteiger partial charge < -0.3 is 4.98 Å². The zero-order valence-electron chi connectivity index (χ0n) is 10.6. The fraction of sp³-hybridized carbons (Fsp3) is 0.0667. The van der Waals surface area contributed by atoms with Crippen molar-refractivity contribution in [2.24, 2.45) is 0 Å². The summed E-state index contributed by atoms with van der Waals surface area (Å²) in [7, 11) is 0. The van der Waals surface area contributed by atoms with Gasteiger partial charge in [0.25, 0.3) is 5.56 Å². The number of aryl methyl sites for hydroxylation is 1. The summed E-state index contributed by atoms with van der Waals surface area (Å²) in [5, 5.41) is 0.489. The summed E-state index contributed by atoms with van der Waals surface area (Å²) < 4.78 is 14.5. The molecule has 3 nitrogen and oxygen atoms in total. The van der Waals surface area contributed by atoms with E-state index in [2.05, 4.69) is 25.9 Å². The molecule has 0 saturated heterocycles. The van der Waals surface area contributed by atoms with Crippen LogP contribution in [0.2, 0.25) is 0 Å². The molecule has 0 atom stereocenters. The molecule has 0 saturated carbocycles. The number of nitrogens with one attached hydrogen (secondary N) is 1. The second-order valence-corrected chi connectivity index (χ2v) is 5.39. The van der Waals surface area contributed by atoms with Crippen LogP contribution in [0.3, 0.4) is 0 Å². The van der Waals surface area contributed by atoms with Crippen molar-refractivity contribution >= 4 is 26.8 Å². The number of halogens is 2. The minimum Gasteiger partial charge on any atom is -0.306 e. The summed E-state index contributed by atoms with van der Waals surface area (Å²) in [4.78, 5) is 19.0. The number of hydrogen-bond acceptors (Lipinski definition) is 2. The lowest BCUT2D eigenvalue weighted by Gasteiger charge is -2.07. The van der Waals surface area contributed by atoms with E-state index in [1.807, 2.05) is 6.92 Å². The third kappa shape index (κ3) is 2.14. The molecule has 1 aromatic heterocycles. The Morgan fingerprint density at radius 2 is 2.00 bits per heavy atom. The fourth-order valence-electron chi connectivity index (χ4n) is 2.11. The number of rotatable bonds is 1. The van der Waals surface area contributed by atoms with Crippen molar-refractivity contribution in [2.45, 2.75) is 6.92 Å². The average Bonchev–Trinajstić information content (AvgIpc) is 2.43. The van der Waals surface area contributed by atoms with Crippen molar-refractivity contribution in [2.75, 3.05) is 0 Å². The Morgan fingerprint density at radius 1 is 1.25 bits per heavy atom. The normalized spacial score (nSPS) is 10.9. The van der Waals surface area contributed by atoms with E-state index in [0.29, 0.717) is 15.4 Å². The predicted octanol–water partition coefficient (Wildman–Crippen LogP) is 3.80. The van der Waals surface area contributed by atoms with E-state index in [4.69, 9.17) is 0 Å². The number of aromatic nitrogens is 2. The van der Waals surface area contributed by atoms with Gasteiger partial charge in [0, 0.05) is 0 Å². The number of nitrogens with zero attached hydrogens (tertiary/aromatic N) is 1. The number of para-hydroxylation sites is 1. The maximum absolute atomic E-state index is 14.2. The lowest BCUT2D eigenvalue weighted by molar-refractivity contribution is 0.623. The molecule has 0 aliphatic rings. The van der Waals surface area contributed by atoms with E-state index >= 15 is 0 Å². The van der Waals surface area contributed by atoms with Gasteiger partial charge in [0.05, 0.1) is 20.9 Å². The highest BCUT2D eigenvalue weighted by Crippen LogP contribution is 2.27. The highest BCUT2D eigenvalue weighted by molar-refractivity contribution is 9.10. The second-order valence-electron chi connectivity index (χ2n) is 4.54. The van der Waals surface area contributed by atoms with Crippen molar-refractivity contribution in [1.29, 1.82) is 0 Å². The molecule has 0 aliphatic carbocycles. The smallest absolute Gasteiger partial charge is 0.259 e. The Morgan fingerprint density at radius 3 is 2.80 bits per heavy atom. The number of fused-ring (bicyclic) bond motifs is 1. The van der Waals surface area contributed by atoms with Gasteiger partial charge in [0.1, 0.15) is 11.6 Å². The van der Waals surface area contributed by atoms with Gasteiger partial charge in [0.2, 0.25) is 0 Å². The first-order chi connectivity index (χ1) is 9.56. The molecule has 0 spiro atoms. The third-order valence-corrected chi connectivity index (χ3v) is 3.62. The number of hydrogen-bond donors (Lipinski definition) is 1. The van der Waals surface area contributed by atoms with Crippen molar-refractivity contribution in [3.8, 4) is 11.4 Å². The Hall–Kier alpha value is -2.01. The van der Waals surface area contributed by atoms with Crippen LogP contribution in [0, 0.1) is 12.7 Å². The topological polar surface area (TPSA) is 45.8 Å². The summed E-state index contributed by atoms with van der Waals surface area (Å²) in [5.74, 6) is -0.204. The van der Waals surface area contributed by atoms with Gasteiger partial charge >= 0.3 is 0 Å². The second kappa shape index (κ2) is 4.83. The zero-order chi connectivity index (χ0) is 14.3. The minimum absolute atomic E-state index is 0.232. The zero-order valence-corrected chi connectivity index (χ0v) is 12.2. The predicted molar refractivity (Wildman–Crippen MR) is 80.2 cm³/mol. The van der Waals surface area contributed by atoms with Crippen LogP contribution in [-0.2, 0) is 0 Å². The SMILES string of the molecule is Cc1cc(Br)c(F)c(-c2nc3ccccc3c(=O)[nH]2)c1. The molecule has 0 amide bonds. The van der Waals surface area contributed by atoms with Gasteiger partial charge in [-0.2, -0.15) is 0 Å². The van der Waals surface area contributed by atoms with E-state index < -0.39 is 5.82 Å². The monoisotopic (exact) mass is 332 g/mol. The molecule has 0 unspecified atom stereocenters. The molecule has 3 aromatic rings. The van der Waals surface area contributed by atoms with Crippen molar-refractivity contribution in [1.82, 2.24) is 9.97 Å². The molecule has 0 aliphatic heterocycles. The number of aromatic amines is 1. The van der Waals surface area contributed by atoms with Crippen LogP contribution in [0.4, 0.5) is 4.39 Å². The van der Waals surface area contributed by atoms with E-state index in [-0.39, 0.29) is 16.9 Å². The third-order valence-electron chi connectivity index (χ3n) is 3.04. The van der Waals surface area contributed by atoms with E-state index in [9.17, 15) is 9.18 Å². The average molecular weight is 333 g/mol. The molecule has 2 aromatic carbocycles. The maximum atomic E-state index is 14.2. The Balaban J connectivity index is 2.33.